The molecule has 0 fully saturated rings. The maximum absolute atomic E-state index is 11.5. The maximum Gasteiger partial charge on any atom is 0.485 e. The second kappa shape index (κ2) is 11.9. The SMILES string of the molecule is CC(C)c1cccc(C(C)C)c1-n1cc[n+](-c2c(C(C)C)cccc2C(C)C)c1O.O=S(=O)([O-])C(F)(F)F. The lowest BCUT2D eigenvalue weighted by Gasteiger charge is -2.18. The van der Waals surface area contributed by atoms with E-state index >= 15 is 0 Å². The number of aromatic hydroxyl groups is 1. The molecule has 2 aromatic carbocycles. The van der Waals surface area contributed by atoms with Crippen LogP contribution in [0.2, 0.25) is 0 Å². The van der Waals surface area contributed by atoms with Crippen LogP contribution in [0.25, 0.3) is 11.4 Å². The summed E-state index contributed by atoms with van der Waals surface area (Å²) in [6.45, 7) is 17.7. The molecule has 3 rings (SSSR count). The summed E-state index contributed by atoms with van der Waals surface area (Å²) < 4.78 is 62.8. The Morgan fingerprint density at radius 3 is 1.45 bits per heavy atom. The van der Waals surface area contributed by atoms with Gasteiger partial charge in [-0.1, -0.05) is 91.8 Å². The van der Waals surface area contributed by atoms with Gasteiger partial charge < -0.3 is 9.66 Å². The zero-order valence-corrected chi connectivity index (χ0v) is 23.9. The molecule has 0 bridgehead atoms. The first kappa shape index (κ1) is 31.4. The lowest BCUT2D eigenvalue weighted by atomic mass is 9.92. The second-order valence-corrected chi connectivity index (χ2v) is 11.8. The van der Waals surface area contributed by atoms with Crippen molar-refractivity contribution in [1.29, 1.82) is 0 Å². The second-order valence-electron chi connectivity index (χ2n) is 10.4. The zero-order valence-electron chi connectivity index (χ0n) is 23.0. The number of halogens is 3. The van der Waals surface area contributed by atoms with Crippen molar-refractivity contribution in [3.05, 3.63) is 71.0 Å². The maximum atomic E-state index is 11.5. The van der Waals surface area contributed by atoms with Crippen LogP contribution in [0.1, 0.15) is 101 Å². The summed E-state index contributed by atoms with van der Waals surface area (Å²) in [7, 11) is -6.09. The van der Waals surface area contributed by atoms with Gasteiger partial charge in [0.1, 0.15) is 23.8 Å². The average Bonchev–Trinajstić information content (AvgIpc) is 3.17. The van der Waals surface area contributed by atoms with Crippen LogP contribution >= 0.6 is 0 Å². The van der Waals surface area contributed by atoms with Gasteiger partial charge in [-0.15, -0.1) is 0 Å². The van der Waals surface area contributed by atoms with E-state index in [0.717, 1.165) is 11.4 Å². The quantitative estimate of drug-likeness (QED) is 0.202. The fourth-order valence-electron chi connectivity index (χ4n) is 4.31. The lowest BCUT2D eigenvalue weighted by molar-refractivity contribution is -0.604. The highest BCUT2D eigenvalue weighted by molar-refractivity contribution is 7.86. The number of para-hydroxylation sites is 2. The number of rotatable bonds is 6. The topological polar surface area (TPSA) is 86.2 Å². The standard InChI is InChI=1S/C27H36N2O.CHF3O3S/c1-17(2)21-11-9-12-22(18(3)4)25(21)28-15-16-29(27(28)30)26-23(19(5)6)13-10-14-24(26)20(7)8;2-1(3,4)8(5,6)7/h9-20H,1-8H3;(H,5,6,7). The Kier molecular flexibility index (Phi) is 9.83. The van der Waals surface area contributed by atoms with E-state index in [1.54, 1.807) is 0 Å². The molecule has 0 unspecified atom stereocenters. The first-order valence-electron chi connectivity index (χ1n) is 12.5. The molecule has 0 aliphatic carbocycles. The number of nitrogens with zero attached hydrogens (tertiary/aromatic N) is 2. The highest BCUT2D eigenvalue weighted by Gasteiger charge is 2.37. The van der Waals surface area contributed by atoms with Gasteiger partial charge in [0, 0.05) is 22.3 Å². The third-order valence-electron chi connectivity index (χ3n) is 6.25. The van der Waals surface area contributed by atoms with Crippen molar-refractivity contribution in [1.82, 2.24) is 4.57 Å². The fraction of sp³-hybridized carbons (Fsp3) is 0.464. The molecule has 1 heterocycles. The van der Waals surface area contributed by atoms with E-state index in [-0.39, 0.29) is 6.01 Å². The Morgan fingerprint density at radius 2 is 1.13 bits per heavy atom. The first-order chi connectivity index (χ1) is 17.4. The third kappa shape index (κ3) is 6.77. The Morgan fingerprint density at radius 1 is 0.789 bits per heavy atom. The summed E-state index contributed by atoms with van der Waals surface area (Å²) in [6, 6.07) is 13.2. The monoisotopic (exact) mass is 554 g/mol. The van der Waals surface area contributed by atoms with Gasteiger partial charge in [0.05, 0.1) is 0 Å². The minimum absolute atomic E-state index is 0.250. The summed E-state index contributed by atoms with van der Waals surface area (Å²) in [6.07, 6.45) is 4.01. The molecule has 0 spiro atoms. The van der Waals surface area contributed by atoms with Gasteiger partial charge in [0.2, 0.25) is 0 Å². The molecular formula is C28H37F3N2O4S. The molecule has 38 heavy (non-hydrogen) atoms. The minimum atomic E-state index is -6.09. The van der Waals surface area contributed by atoms with E-state index in [9.17, 15) is 18.3 Å². The molecule has 3 aromatic rings. The van der Waals surface area contributed by atoms with Gasteiger partial charge in [-0.05, 0) is 23.7 Å². The highest BCUT2D eigenvalue weighted by Crippen LogP contribution is 2.34. The van der Waals surface area contributed by atoms with Gasteiger partial charge in [0.15, 0.2) is 10.1 Å². The average molecular weight is 555 g/mol. The van der Waals surface area contributed by atoms with Crippen LogP contribution in [0.5, 0.6) is 6.01 Å². The number of aromatic nitrogens is 2. The number of benzene rings is 2. The van der Waals surface area contributed by atoms with Crippen LogP contribution in [-0.2, 0) is 10.1 Å². The summed E-state index contributed by atoms with van der Waals surface area (Å²) in [5.74, 6) is 1.46. The zero-order chi connectivity index (χ0) is 29.2. The summed E-state index contributed by atoms with van der Waals surface area (Å²) in [5.41, 5.74) is 1.56. The van der Waals surface area contributed by atoms with Crippen molar-refractivity contribution in [2.75, 3.05) is 0 Å². The van der Waals surface area contributed by atoms with Crippen LogP contribution in [0.3, 0.4) is 0 Å². The lowest BCUT2D eigenvalue weighted by Crippen LogP contribution is -2.32. The normalized spacial score (nSPS) is 12.4. The molecule has 0 saturated heterocycles. The van der Waals surface area contributed by atoms with Crippen LogP contribution in [-0.4, -0.2) is 28.2 Å². The van der Waals surface area contributed by atoms with E-state index in [4.69, 9.17) is 13.0 Å². The van der Waals surface area contributed by atoms with Crippen LogP contribution < -0.4 is 4.57 Å². The Bertz CT molecular complexity index is 1230. The van der Waals surface area contributed by atoms with Crippen LogP contribution in [0.15, 0.2) is 48.8 Å². The van der Waals surface area contributed by atoms with Crippen molar-refractivity contribution in [2.24, 2.45) is 0 Å². The number of imidazole rings is 1. The molecular weight excluding hydrogens is 517 g/mol. The van der Waals surface area contributed by atoms with Gasteiger partial charge in [-0.25, -0.2) is 8.42 Å². The molecule has 0 aliphatic heterocycles. The third-order valence-corrected chi connectivity index (χ3v) is 6.81. The number of hydrogen-bond acceptors (Lipinski definition) is 4. The van der Waals surface area contributed by atoms with Gasteiger partial charge in [-0.2, -0.15) is 22.3 Å². The number of hydrogen-bond donors (Lipinski definition) is 1. The van der Waals surface area contributed by atoms with Gasteiger partial charge >= 0.3 is 11.5 Å². The molecule has 0 atom stereocenters. The fourth-order valence-corrected chi connectivity index (χ4v) is 4.31. The van der Waals surface area contributed by atoms with Crippen molar-refractivity contribution in [3.63, 3.8) is 0 Å². The first-order valence-corrected chi connectivity index (χ1v) is 13.9. The summed E-state index contributed by atoms with van der Waals surface area (Å²) >= 11 is 0. The van der Waals surface area contributed by atoms with Crippen LogP contribution in [0.4, 0.5) is 13.2 Å². The summed E-state index contributed by atoms with van der Waals surface area (Å²) in [5, 5.41) is 11.5. The molecule has 1 aromatic heterocycles. The smallest absolute Gasteiger partial charge is 0.485 e. The van der Waals surface area contributed by atoms with Crippen LogP contribution in [0, 0.1) is 0 Å². The minimum Gasteiger partial charge on any atom is -0.741 e. The van der Waals surface area contributed by atoms with E-state index in [2.05, 4.69) is 91.8 Å². The Hall–Kier alpha value is -2.85. The van der Waals surface area contributed by atoms with E-state index in [1.165, 1.54) is 22.3 Å². The molecule has 0 amide bonds. The van der Waals surface area contributed by atoms with E-state index in [1.807, 2.05) is 21.5 Å². The van der Waals surface area contributed by atoms with Crippen molar-refractivity contribution >= 4 is 10.1 Å². The number of alkyl halides is 3. The van der Waals surface area contributed by atoms with E-state index in [0.29, 0.717) is 23.7 Å². The molecule has 0 saturated carbocycles. The molecule has 1 N–H and O–H groups in total. The Labute approximate surface area is 223 Å². The highest BCUT2D eigenvalue weighted by atomic mass is 32.2. The molecule has 210 valence electrons. The Balaban J connectivity index is 0.000000550. The van der Waals surface area contributed by atoms with E-state index < -0.39 is 15.6 Å². The van der Waals surface area contributed by atoms with Gasteiger partial charge in [-0.3, -0.25) is 0 Å². The molecule has 10 heteroatoms. The predicted molar refractivity (Wildman–Crippen MR) is 141 cm³/mol. The molecule has 0 radical (unpaired) electrons. The van der Waals surface area contributed by atoms with Crippen molar-refractivity contribution in [2.45, 2.75) is 84.6 Å². The largest absolute Gasteiger partial charge is 0.741 e. The molecule has 6 nitrogen and oxygen atoms in total. The van der Waals surface area contributed by atoms with Gasteiger partial charge in [0.25, 0.3) is 0 Å². The molecule has 0 aliphatic rings. The van der Waals surface area contributed by atoms with Crippen molar-refractivity contribution in [3.8, 4) is 17.4 Å². The predicted octanol–water partition coefficient (Wildman–Crippen LogP) is 7.00. The summed E-state index contributed by atoms with van der Waals surface area (Å²) in [4.78, 5) is 0. The van der Waals surface area contributed by atoms with Crippen molar-refractivity contribution < 1.29 is 35.8 Å².